The second-order valence-electron chi connectivity index (χ2n) is 7.46. The standard InChI is InChI=1S/C23H25FN4OS/c1-17(26-23(29)18-8-10-25-11-9-18)22(21-3-2-16-30-21)28-14-12-27(13-15-28)20-6-4-19(24)5-7-20/h2-11,16-17,22H,12-15H2,1H3,(H,26,29)/t17-,22-/m0/s1. The van der Waals surface area contributed by atoms with Crippen LogP contribution in [0.5, 0.6) is 0 Å². The maximum atomic E-state index is 13.2. The molecule has 1 fully saturated rings. The van der Waals surface area contributed by atoms with Crippen LogP contribution in [0.4, 0.5) is 10.1 Å². The van der Waals surface area contributed by atoms with Gasteiger partial charge in [0.25, 0.3) is 5.91 Å². The summed E-state index contributed by atoms with van der Waals surface area (Å²) in [5.74, 6) is -0.301. The highest BCUT2D eigenvalue weighted by Crippen LogP contribution is 2.30. The topological polar surface area (TPSA) is 48.5 Å². The fourth-order valence-electron chi connectivity index (χ4n) is 3.98. The second kappa shape index (κ2) is 9.36. The van der Waals surface area contributed by atoms with Gasteiger partial charge in [0.15, 0.2) is 0 Å². The summed E-state index contributed by atoms with van der Waals surface area (Å²) in [4.78, 5) is 22.6. The highest BCUT2D eigenvalue weighted by molar-refractivity contribution is 7.10. The lowest BCUT2D eigenvalue weighted by Gasteiger charge is -2.42. The van der Waals surface area contributed by atoms with Crippen LogP contribution < -0.4 is 10.2 Å². The minimum absolute atomic E-state index is 0.0540. The van der Waals surface area contributed by atoms with Crippen molar-refractivity contribution in [3.05, 3.63) is 82.6 Å². The van der Waals surface area contributed by atoms with E-state index in [0.717, 1.165) is 31.9 Å². The summed E-state index contributed by atoms with van der Waals surface area (Å²) >= 11 is 1.72. The molecule has 0 radical (unpaired) electrons. The zero-order chi connectivity index (χ0) is 20.9. The van der Waals surface area contributed by atoms with Crippen LogP contribution in [0.25, 0.3) is 0 Å². The molecule has 0 spiro atoms. The van der Waals surface area contributed by atoms with Gasteiger partial charge in [0.05, 0.1) is 6.04 Å². The first kappa shape index (κ1) is 20.5. The van der Waals surface area contributed by atoms with E-state index in [4.69, 9.17) is 0 Å². The number of amides is 1. The summed E-state index contributed by atoms with van der Waals surface area (Å²) in [7, 11) is 0. The van der Waals surface area contributed by atoms with Gasteiger partial charge in [-0.1, -0.05) is 6.07 Å². The zero-order valence-corrected chi connectivity index (χ0v) is 17.7. The number of thiophene rings is 1. The molecule has 0 aliphatic carbocycles. The lowest BCUT2D eigenvalue weighted by molar-refractivity contribution is 0.0890. The zero-order valence-electron chi connectivity index (χ0n) is 16.9. The number of pyridine rings is 1. The molecular formula is C23H25FN4OS. The van der Waals surface area contributed by atoms with Crippen LogP contribution >= 0.6 is 11.3 Å². The Morgan fingerprint density at radius 1 is 1.07 bits per heavy atom. The van der Waals surface area contributed by atoms with E-state index in [1.54, 1.807) is 35.9 Å². The fourth-order valence-corrected chi connectivity index (χ4v) is 4.95. The Labute approximate surface area is 180 Å². The Hall–Kier alpha value is -2.77. The Morgan fingerprint density at radius 2 is 1.77 bits per heavy atom. The Kier molecular flexibility index (Phi) is 6.40. The van der Waals surface area contributed by atoms with E-state index < -0.39 is 0 Å². The summed E-state index contributed by atoms with van der Waals surface area (Å²) in [5.41, 5.74) is 1.66. The molecule has 3 aromatic rings. The lowest BCUT2D eigenvalue weighted by atomic mass is 10.0. The molecule has 2 atom stereocenters. The molecule has 4 rings (SSSR count). The number of rotatable bonds is 6. The lowest BCUT2D eigenvalue weighted by Crippen LogP contribution is -2.52. The van der Waals surface area contributed by atoms with E-state index in [9.17, 15) is 9.18 Å². The van der Waals surface area contributed by atoms with Crippen molar-refractivity contribution >= 4 is 22.9 Å². The molecule has 156 valence electrons. The first-order valence-electron chi connectivity index (χ1n) is 10.1. The molecule has 1 amide bonds. The fraction of sp³-hybridized carbons (Fsp3) is 0.304. The first-order chi connectivity index (χ1) is 14.6. The maximum Gasteiger partial charge on any atom is 0.251 e. The first-order valence-corrected chi connectivity index (χ1v) is 11.0. The predicted molar refractivity (Wildman–Crippen MR) is 118 cm³/mol. The van der Waals surface area contributed by atoms with E-state index >= 15 is 0 Å². The highest BCUT2D eigenvalue weighted by atomic mass is 32.1. The van der Waals surface area contributed by atoms with Crippen molar-refractivity contribution in [3.63, 3.8) is 0 Å². The van der Waals surface area contributed by atoms with E-state index in [0.29, 0.717) is 5.56 Å². The molecular weight excluding hydrogens is 399 g/mol. The van der Waals surface area contributed by atoms with Gasteiger partial charge >= 0.3 is 0 Å². The number of carbonyl (C=O) groups excluding carboxylic acids is 1. The molecule has 1 saturated heterocycles. The van der Waals surface area contributed by atoms with Crippen molar-refractivity contribution in [2.45, 2.75) is 19.0 Å². The van der Waals surface area contributed by atoms with Gasteiger partial charge in [-0.15, -0.1) is 11.3 Å². The number of benzene rings is 1. The van der Waals surface area contributed by atoms with Gasteiger partial charge in [-0.25, -0.2) is 4.39 Å². The number of aromatic nitrogens is 1. The van der Waals surface area contributed by atoms with E-state index in [1.807, 2.05) is 12.1 Å². The van der Waals surface area contributed by atoms with Gasteiger partial charge in [0, 0.05) is 60.7 Å². The molecule has 7 heteroatoms. The van der Waals surface area contributed by atoms with Crippen LogP contribution in [-0.4, -0.2) is 48.0 Å². The highest BCUT2D eigenvalue weighted by Gasteiger charge is 2.31. The van der Waals surface area contributed by atoms with E-state index in [-0.39, 0.29) is 23.8 Å². The number of halogens is 1. The molecule has 0 bridgehead atoms. The van der Waals surface area contributed by atoms with Gasteiger partial charge in [-0.3, -0.25) is 14.7 Å². The summed E-state index contributed by atoms with van der Waals surface area (Å²) in [5, 5.41) is 5.25. The molecule has 1 aliphatic rings. The van der Waals surface area contributed by atoms with Crippen molar-refractivity contribution in [3.8, 4) is 0 Å². The summed E-state index contributed by atoms with van der Waals surface area (Å²) < 4.78 is 13.2. The van der Waals surface area contributed by atoms with Crippen molar-refractivity contribution in [1.82, 2.24) is 15.2 Å². The largest absolute Gasteiger partial charge is 0.369 e. The molecule has 0 unspecified atom stereocenters. The molecule has 0 saturated carbocycles. The molecule has 1 N–H and O–H groups in total. The summed E-state index contributed by atoms with van der Waals surface area (Å²) in [6, 6.07) is 14.4. The minimum Gasteiger partial charge on any atom is -0.369 e. The second-order valence-corrected chi connectivity index (χ2v) is 8.44. The minimum atomic E-state index is -0.214. The van der Waals surface area contributed by atoms with Crippen LogP contribution in [0.15, 0.2) is 66.3 Å². The maximum absolute atomic E-state index is 13.2. The Morgan fingerprint density at radius 3 is 2.40 bits per heavy atom. The van der Waals surface area contributed by atoms with E-state index in [2.05, 4.69) is 44.5 Å². The van der Waals surface area contributed by atoms with Gasteiger partial charge in [0.1, 0.15) is 5.82 Å². The third-order valence-corrected chi connectivity index (χ3v) is 6.45. The molecule has 1 aromatic carbocycles. The van der Waals surface area contributed by atoms with Gasteiger partial charge in [0.2, 0.25) is 0 Å². The van der Waals surface area contributed by atoms with Crippen molar-refractivity contribution in [2.75, 3.05) is 31.1 Å². The van der Waals surface area contributed by atoms with Gasteiger partial charge in [-0.2, -0.15) is 0 Å². The van der Waals surface area contributed by atoms with Crippen LogP contribution in [-0.2, 0) is 0 Å². The smallest absolute Gasteiger partial charge is 0.251 e. The third-order valence-electron chi connectivity index (χ3n) is 5.51. The number of hydrogen-bond donors (Lipinski definition) is 1. The van der Waals surface area contributed by atoms with Crippen molar-refractivity contribution < 1.29 is 9.18 Å². The number of anilines is 1. The normalized spacial score (nSPS) is 16.8. The average molecular weight is 425 g/mol. The predicted octanol–water partition coefficient (Wildman–Crippen LogP) is 3.96. The summed E-state index contributed by atoms with van der Waals surface area (Å²) in [6.45, 7) is 5.53. The Bertz CT molecular complexity index is 941. The monoisotopic (exact) mass is 424 g/mol. The van der Waals surface area contributed by atoms with Gasteiger partial charge in [-0.05, 0) is 54.8 Å². The number of carbonyl (C=O) groups is 1. The number of nitrogens with one attached hydrogen (secondary N) is 1. The summed E-state index contributed by atoms with van der Waals surface area (Å²) in [6.07, 6.45) is 3.26. The average Bonchev–Trinajstić information content (AvgIpc) is 3.30. The van der Waals surface area contributed by atoms with Crippen LogP contribution in [0.3, 0.4) is 0 Å². The van der Waals surface area contributed by atoms with E-state index in [1.165, 1.54) is 17.0 Å². The molecule has 1 aliphatic heterocycles. The molecule has 2 aromatic heterocycles. The van der Waals surface area contributed by atoms with Crippen molar-refractivity contribution in [2.24, 2.45) is 0 Å². The SMILES string of the molecule is C[C@H](NC(=O)c1ccncc1)[C@@H](c1cccs1)N1CCN(c2ccc(F)cc2)CC1. The van der Waals surface area contributed by atoms with Crippen LogP contribution in [0.1, 0.15) is 28.2 Å². The van der Waals surface area contributed by atoms with Crippen LogP contribution in [0.2, 0.25) is 0 Å². The number of piperazine rings is 1. The number of hydrogen-bond acceptors (Lipinski definition) is 5. The molecule has 5 nitrogen and oxygen atoms in total. The van der Waals surface area contributed by atoms with Crippen molar-refractivity contribution in [1.29, 1.82) is 0 Å². The molecule has 30 heavy (non-hydrogen) atoms. The number of nitrogens with zero attached hydrogens (tertiary/aromatic N) is 3. The van der Waals surface area contributed by atoms with Crippen LogP contribution in [0, 0.1) is 5.82 Å². The molecule has 3 heterocycles. The third kappa shape index (κ3) is 4.68. The Balaban J connectivity index is 1.45. The van der Waals surface area contributed by atoms with Gasteiger partial charge < -0.3 is 10.2 Å². The quantitative estimate of drug-likeness (QED) is 0.651.